The average Bonchev–Trinajstić information content (AvgIpc) is 2.83. The van der Waals surface area contributed by atoms with Gasteiger partial charge in [0.1, 0.15) is 0 Å². The number of hydrogen-bond acceptors (Lipinski definition) is 4. The van der Waals surface area contributed by atoms with Gasteiger partial charge in [-0.05, 0) is 34.7 Å². The van der Waals surface area contributed by atoms with Gasteiger partial charge < -0.3 is 14.0 Å². The van der Waals surface area contributed by atoms with Crippen LogP contribution in [0.4, 0.5) is 0 Å². The second kappa shape index (κ2) is 6.40. The Labute approximate surface area is 134 Å². The van der Waals surface area contributed by atoms with Crippen molar-refractivity contribution in [1.29, 1.82) is 0 Å². The molecule has 0 aliphatic carbocycles. The molecule has 0 N–H and O–H groups in total. The molecule has 106 valence electrons. The summed E-state index contributed by atoms with van der Waals surface area (Å²) in [6, 6.07) is 3.41. The summed E-state index contributed by atoms with van der Waals surface area (Å²) in [6.45, 7) is 0. The quantitative estimate of drug-likeness (QED) is 0.739. The molecule has 2 rings (SSSR count). The standard InChI is InChI=1S/C13H13IN2O3S/c1-16-4-5-20-13(16)15-12(17)8-6-10(18-2)11(19-3)7-9(8)14/h4-7H,1-3H3. The largest absolute Gasteiger partial charge is 0.493 e. The van der Waals surface area contributed by atoms with Crippen LogP contribution in [0.3, 0.4) is 0 Å². The van der Waals surface area contributed by atoms with Gasteiger partial charge in [-0.3, -0.25) is 4.79 Å². The van der Waals surface area contributed by atoms with Crippen LogP contribution in [0.1, 0.15) is 10.4 Å². The SMILES string of the molecule is COc1cc(I)c(C(=O)N=c2sccn2C)cc1OC. The number of rotatable bonds is 3. The Morgan fingerprint density at radius 2 is 1.95 bits per heavy atom. The van der Waals surface area contributed by atoms with E-state index in [1.54, 1.807) is 23.8 Å². The van der Waals surface area contributed by atoms with Gasteiger partial charge in [-0.1, -0.05) is 0 Å². The van der Waals surface area contributed by atoms with Gasteiger partial charge in [0.25, 0.3) is 5.91 Å². The van der Waals surface area contributed by atoms with Gasteiger partial charge in [0, 0.05) is 22.2 Å². The fourth-order valence-corrected chi connectivity index (χ4v) is 3.00. The summed E-state index contributed by atoms with van der Waals surface area (Å²) in [4.78, 5) is 17.1. The molecule has 0 saturated heterocycles. The van der Waals surface area contributed by atoms with Crippen LogP contribution in [0.15, 0.2) is 28.7 Å². The molecule has 0 saturated carbocycles. The molecular weight excluding hydrogens is 391 g/mol. The van der Waals surface area contributed by atoms with Crippen molar-refractivity contribution in [1.82, 2.24) is 4.57 Å². The van der Waals surface area contributed by atoms with Crippen molar-refractivity contribution in [2.24, 2.45) is 12.0 Å². The molecule has 5 nitrogen and oxygen atoms in total. The van der Waals surface area contributed by atoms with Crippen LogP contribution in [0.2, 0.25) is 0 Å². The van der Waals surface area contributed by atoms with Gasteiger partial charge in [0.05, 0.1) is 19.8 Å². The Morgan fingerprint density at radius 1 is 1.30 bits per heavy atom. The smallest absolute Gasteiger partial charge is 0.280 e. The molecule has 0 fully saturated rings. The maximum Gasteiger partial charge on any atom is 0.280 e. The number of carbonyl (C=O) groups excluding carboxylic acids is 1. The molecular formula is C13H13IN2O3S. The first kappa shape index (κ1) is 15.0. The summed E-state index contributed by atoms with van der Waals surface area (Å²) in [5, 5.41) is 1.88. The molecule has 1 amide bonds. The van der Waals surface area contributed by atoms with Crippen LogP contribution in [0.25, 0.3) is 0 Å². The van der Waals surface area contributed by atoms with E-state index in [4.69, 9.17) is 9.47 Å². The van der Waals surface area contributed by atoms with Crippen LogP contribution >= 0.6 is 33.9 Å². The minimum absolute atomic E-state index is 0.298. The number of ether oxygens (including phenoxy) is 2. The van der Waals surface area contributed by atoms with Crippen molar-refractivity contribution in [3.05, 3.63) is 37.6 Å². The molecule has 0 unspecified atom stereocenters. The summed E-state index contributed by atoms with van der Waals surface area (Å²) >= 11 is 3.50. The number of carbonyl (C=O) groups is 1. The van der Waals surface area contributed by atoms with Crippen LogP contribution in [0, 0.1) is 3.57 Å². The normalized spacial score (nSPS) is 11.5. The van der Waals surface area contributed by atoms with Crippen molar-refractivity contribution in [2.45, 2.75) is 0 Å². The number of halogens is 1. The molecule has 0 spiro atoms. The number of amides is 1. The van der Waals surface area contributed by atoms with E-state index in [9.17, 15) is 4.79 Å². The molecule has 1 heterocycles. The van der Waals surface area contributed by atoms with Gasteiger partial charge in [-0.25, -0.2) is 0 Å². The lowest BCUT2D eigenvalue weighted by molar-refractivity contribution is 0.0996. The number of aryl methyl sites for hydroxylation is 1. The number of aromatic nitrogens is 1. The third-order valence-corrected chi connectivity index (χ3v) is 4.40. The monoisotopic (exact) mass is 404 g/mol. The fourth-order valence-electron chi connectivity index (χ4n) is 1.60. The molecule has 0 radical (unpaired) electrons. The highest BCUT2D eigenvalue weighted by Crippen LogP contribution is 2.31. The Hall–Kier alpha value is -1.35. The van der Waals surface area contributed by atoms with Gasteiger partial charge in [0.15, 0.2) is 16.3 Å². The molecule has 7 heteroatoms. The number of methoxy groups -OCH3 is 2. The maximum absolute atomic E-state index is 12.3. The van der Waals surface area contributed by atoms with E-state index in [0.717, 1.165) is 3.57 Å². The average molecular weight is 404 g/mol. The minimum atomic E-state index is -0.298. The van der Waals surface area contributed by atoms with E-state index < -0.39 is 0 Å². The summed E-state index contributed by atoms with van der Waals surface area (Å²) in [7, 11) is 4.95. The van der Waals surface area contributed by atoms with Crippen molar-refractivity contribution in [2.75, 3.05) is 14.2 Å². The minimum Gasteiger partial charge on any atom is -0.493 e. The van der Waals surface area contributed by atoms with Gasteiger partial charge in [0.2, 0.25) is 0 Å². The summed E-state index contributed by atoms with van der Waals surface area (Å²) in [6.07, 6.45) is 1.86. The zero-order valence-corrected chi connectivity index (χ0v) is 14.2. The van der Waals surface area contributed by atoms with E-state index in [0.29, 0.717) is 21.9 Å². The first-order valence-corrected chi connectivity index (χ1v) is 7.63. The molecule has 0 bridgehead atoms. The highest BCUT2D eigenvalue weighted by Gasteiger charge is 2.15. The molecule has 0 aliphatic rings. The number of benzene rings is 1. The topological polar surface area (TPSA) is 52.8 Å². The summed E-state index contributed by atoms with van der Waals surface area (Å²) < 4.78 is 13.0. The maximum atomic E-state index is 12.3. The van der Waals surface area contributed by atoms with E-state index in [-0.39, 0.29) is 5.91 Å². The highest BCUT2D eigenvalue weighted by molar-refractivity contribution is 14.1. The zero-order valence-electron chi connectivity index (χ0n) is 11.2. The number of nitrogens with zero attached hydrogens (tertiary/aromatic N) is 2. The van der Waals surface area contributed by atoms with Crippen LogP contribution < -0.4 is 14.3 Å². The molecule has 20 heavy (non-hydrogen) atoms. The third kappa shape index (κ3) is 3.04. The van der Waals surface area contributed by atoms with E-state index in [1.807, 2.05) is 18.6 Å². The number of thiazole rings is 1. The Morgan fingerprint density at radius 3 is 2.50 bits per heavy atom. The molecule has 1 aromatic carbocycles. The van der Waals surface area contributed by atoms with Crippen molar-refractivity contribution in [3.8, 4) is 11.5 Å². The Balaban J connectivity index is 2.48. The second-order valence-corrected chi connectivity index (χ2v) is 5.94. The van der Waals surface area contributed by atoms with Gasteiger partial charge in [-0.2, -0.15) is 4.99 Å². The van der Waals surface area contributed by atoms with Gasteiger partial charge in [-0.15, -0.1) is 11.3 Å². The summed E-state index contributed by atoms with van der Waals surface area (Å²) in [5.41, 5.74) is 0.497. The lowest BCUT2D eigenvalue weighted by atomic mass is 10.2. The van der Waals surface area contributed by atoms with Crippen LogP contribution in [-0.4, -0.2) is 24.7 Å². The summed E-state index contributed by atoms with van der Waals surface area (Å²) in [5.74, 6) is 0.811. The second-order valence-electron chi connectivity index (χ2n) is 3.90. The van der Waals surface area contributed by atoms with Crippen molar-refractivity contribution >= 4 is 39.8 Å². The van der Waals surface area contributed by atoms with Crippen LogP contribution in [0.5, 0.6) is 11.5 Å². The predicted octanol–water partition coefficient (Wildman–Crippen LogP) is 2.45. The van der Waals surface area contributed by atoms with E-state index >= 15 is 0 Å². The highest BCUT2D eigenvalue weighted by atomic mass is 127. The van der Waals surface area contributed by atoms with E-state index in [2.05, 4.69) is 27.6 Å². The first-order chi connectivity index (χ1) is 9.56. The first-order valence-electron chi connectivity index (χ1n) is 5.67. The number of hydrogen-bond donors (Lipinski definition) is 0. The van der Waals surface area contributed by atoms with E-state index in [1.165, 1.54) is 18.4 Å². The molecule has 0 aliphatic heterocycles. The molecule has 1 aromatic heterocycles. The lowest BCUT2D eigenvalue weighted by Gasteiger charge is -2.09. The van der Waals surface area contributed by atoms with Crippen molar-refractivity contribution in [3.63, 3.8) is 0 Å². The van der Waals surface area contributed by atoms with Gasteiger partial charge >= 0.3 is 0 Å². The molecule has 2 aromatic rings. The predicted molar refractivity (Wildman–Crippen MR) is 85.4 cm³/mol. The Bertz CT molecular complexity index is 706. The Kier molecular flexibility index (Phi) is 4.81. The zero-order chi connectivity index (χ0) is 14.7. The lowest BCUT2D eigenvalue weighted by Crippen LogP contribution is -2.13. The van der Waals surface area contributed by atoms with Crippen molar-refractivity contribution < 1.29 is 14.3 Å². The fraction of sp³-hybridized carbons (Fsp3) is 0.231. The van der Waals surface area contributed by atoms with Crippen LogP contribution in [-0.2, 0) is 7.05 Å². The third-order valence-electron chi connectivity index (χ3n) is 2.66. The molecule has 0 atom stereocenters.